The number of hydrogen-bond donors (Lipinski definition) is 2. The zero-order valence-electron chi connectivity index (χ0n) is 16.0. The van der Waals surface area contributed by atoms with Gasteiger partial charge in [0.1, 0.15) is 13.2 Å². The topological polar surface area (TPSA) is 124 Å². The Labute approximate surface area is 179 Å². The second kappa shape index (κ2) is 7.73. The molecule has 1 aliphatic rings. The van der Waals surface area contributed by atoms with E-state index in [1.165, 1.54) is 4.68 Å². The van der Waals surface area contributed by atoms with Gasteiger partial charge in [0.25, 0.3) is 11.5 Å². The second-order valence-electron chi connectivity index (χ2n) is 6.74. The lowest BCUT2D eigenvalue weighted by Gasteiger charge is -2.18. The number of amides is 1. The molecular weight excluding hydrogens is 424 g/mol. The predicted molar refractivity (Wildman–Crippen MR) is 112 cm³/mol. The summed E-state index contributed by atoms with van der Waals surface area (Å²) in [5.74, 6) is 0.367. The van der Waals surface area contributed by atoms with Gasteiger partial charge < -0.3 is 19.8 Å². The van der Waals surface area contributed by atoms with Gasteiger partial charge in [0.05, 0.1) is 6.54 Å². The zero-order valence-corrected chi connectivity index (χ0v) is 16.7. The first kappa shape index (κ1) is 19.1. The van der Waals surface area contributed by atoms with Crippen LogP contribution in [-0.4, -0.2) is 44.1 Å². The van der Waals surface area contributed by atoms with Crippen molar-refractivity contribution >= 4 is 34.4 Å². The minimum absolute atomic E-state index is 0.0305. The number of ether oxygens (including phenoxy) is 2. The number of aromatic nitrogens is 5. The maximum Gasteiger partial charge on any atom is 0.291 e. The molecule has 10 nitrogen and oxygen atoms in total. The first-order chi connectivity index (χ1) is 15.1. The van der Waals surface area contributed by atoms with E-state index < -0.39 is 11.5 Å². The van der Waals surface area contributed by atoms with E-state index in [-0.39, 0.29) is 23.5 Å². The van der Waals surface area contributed by atoms with Crippen molar-refractivity contribution in [3.63, 3.8) is 0 Å². The number of fused-ring (bicyclic) bond motifs is 2. The summed E-state index contributed by atoms with van der Waals surface area (Å²) in [5, 5.41) is 11.1. The molecule has 0 bridgehead atoms. The van der Waals surface area contributed by atoms with Gasteiger partial charge in [-0.15, -0.1) is 5.10 Å². The molecule has 0 atom stereocenters. The summed E-state index contributed by atoms with van der Waals surface area (Å²) in [5.41, 5.74) is 0.890. The number of halogens is 1. The number of H-pyrrole nitrogens is 1. The van der Waals surface area contributed by atoms with Crippen molar-refractivity contribution in [2.75, 3.05) is 18.5 Å². The number of benzene rings is 2. The number of anilines is 1. The lowest BCUT2D eigenvalue weighted by atomic mass is 10.2. The Morgan fingerprint density at radius 2 is 1.97 bits per heavy atom. The number of hydrogen-bond acceptors (Lipinski definition) is 7. The molecule has 0 spiro atoms. The number of aromatic amines is 1. The number of nitrogens with one attached hydrogen (secondary N) is 2. The predicted octanol–water partition coefficient (Wildman–Crippen LogP) is 2.24. The maximum atomic E-state index is 12.7. The summed E-state index contributed by atoms with van der Waals surface area (Å²) in [6.07, 6.45) is 0. The number of rotatable bonds is 4. The average Bonchev–Trinajstić information content (AvgIpc) is 3.18. The van der Waals surface area contributed by atoms with Gasteiger partial charge in [0.15, 0.2) is 22.7 Å². The standard InChI is InChI=1S/C20H15ClN6O4/c21-13-4-2-1-3-11(13)10-27-18-16(25-26-27)19(28)24-17(23-18)20(29)22-12-5-6-14-15(9-12)31-8-7-30-14/h1-6,9H,7-8,10H2,(H,22,29)(H,23,24,28). The third-order valence-electron chi connectivity index (χ3n) is 4.67. The number of carbonyl (C=O) groups excluding carboxylic acids is 1. The molecule has 0 radical (unpaired) electrons. The van der Waals surface area contributed by atoms with Crippen LogP contribution in [0.25, 0.3) is 11.2 Å². The third-order valence-corrected chi connectivity index (χ3v) is 5.04. The van der Waals surface area contributed by atoms with Gasteiger partial charge >= 0.3 is 0 Å². The van der Waals surface area contributed by atoms with Crippen LogP contribution in [0, 0.1) is 0 Å². The molecule has 1 amide bonds. The van der Waals surface area contributed by atoms with E-state index in [9.17, 15) is 9.59 Å². The van der Waals surface area contributed by atoms with Crippen molar-refractivity contribution in [2.45, 2.75) is 6.54 Å². The van der Waals surface area contributed by atoms with Crippen LogP contribution in [0.5, 0.6) is 11.5 Å². The molecule has 4 aromatic rings. The van der Waals surface area contributed by atoms with E-state index in [0.717, 1.165) is 5.56 Å². The highest BCUT2D eigenvalue weighted by molar-refractivity contribution is 6.31. The number of nitrogens with zero attached hydrogens (tertiary/aromatic N) is 4. The Bertz CT molecular complexity index is 1370. The first-order valence-corrected chi connectivity index (χ1v) is 9.74. The Hall–Kier alpha value is -3.92. The van der Waals surface area contributed by atoms with Gasteiger partial charge in [0, 0.05) is 16.8 Å². The molecule has 5 rings (SSSR count). The van der Waals surface area contributed by atoms with Crippen molar-refractivity contribution in [1.29, 1.82) is 0 Å². The summed E-state index contributed by atoms with van der Waals surface area (Å²) < 4.78 is 12.4. The fourth-order valence-corrected chi connectivity index (χ4v) is 3.38. The maximum absolute atomic E-state index is 12.7. The normalized spacial score (nSPS) is 12.7. The molecule has 2 aromatic carbocycles. The van der Waals surface area contributed by atoms with Crippen molar-refractivity contribution < 1.29 is 14.3 Å². The van der Waals surface area contributed by atoms with Crippen LogP contribution < -0.4 is 20.3 Å². The van der Waals surface area contributed by atoms with E-state index in [2.05, 4.69) is 25.6 Å². The van der Waals surface area contributed by atoms with E-state index in [1.54, 1.807) is 24.3 Å². The first-order valence-electron chi connectivity index (χ1n) is 9.36. The summed E-state index contributed by atoms with van der Waals surface area (Å²) in [4.78, 5) is 31.9. The highest BCUT2D eigenvalue weighted by atomic mass is 35.5. The van der Waals surface area contributed by atoms with Crippen LogP contribution in [0.4, 0.5) is 5.69 Å². The SMILES string of the molecule is O=C(Nc1ccc2c(c1)OCCO2)c1nc2c(nnn2Cc2ccccc2Cl)c(=O)[nH]1. The molecule has 1 aliphatic heterocycles. The smallest absolute Gasteiger partial charge is 0.291 e. The zero-order chi connectivity index (χ0) is 21.4. The van der Waals surface area contributed by atoms with Crippen LogP contribution in [-0.2, 0) is 6.54 Å². The second-order valence-corrected chi connectivity index (χ2v) is 7.15. The fraction of sp³-hybridized carbons (Fsp3) is 0.150. The van der Waals surface area contributed by atoms with Gasteiger partial charge in [0.2, 0.25) is 5.82 Å². The molecule has 0 aliphatic carbocycles. The summed E-state index contributed by atoms with van der Waals surface area (Å²) in [6, 6.07) is 12.3. The van der Waals surface area contributed by atoms with E-state index >= 15 is 0 Å². The summed E-state index contributed by atoms with van der Waals surface area (Å²) in [6.45, 7) is 1.15. The van der Waals surface area contributed by atoms with Gasteiger partial charge in [-0.1, -0.05) is 35.0 Å². The van der Waals surface area contributed by atoms with Crippen LogP contribution in [0.1, 0.15) is 16.2 Å². The molecule has 0 fully saturated rings. The van der Waals surface area contributed by atoms with Crippen LogP contribution in [0.3, 0.4) is 0 Å². The van der Waals surface area contributed by atoms with Gasteiger partial charge in [-0.3, -0.25) is 9.59 Å². The molecule has 2 N–H and O–H groups in total. The summed E-state index contributed by atoms with van der Waals surface area (Å²) in [7, 11) is 0. The van der Waals surface area contributed by atoms with Gasteiger partial charge in [-0.25, -0.2) is 9.67 Å². The largest absolute Gasteiger partial charge is 0.486 e. The van der Waals surface area contributed by atoms with Crippen LogP contribution in [0.15, 0.2) is 47.3 Å². The fourth-order valence-electron chi connectivity index (χ4n) is 3.18. The van der Waals surface area contributed by atoms with E-state index in [0.29, 0.717) is 35.4 Å². The molecule has 3 heterocycles. The van der Waals surface area contributed by atoms with Crippen LogP contribution >= 0.6 is 11.6 Å². The Morgan fingerprint density at radius 1 is 1.16 bits per heavy atom. The molecule has 11 heteroatoms. The Balaban J connectivity index is 1.45. The van der Waals surface area contributed by atoms with Crippen molar-refractivity contribution in [1.82, 2.24) is 25.0 Å². The quantitative estimate of drug-likeness (QED) is 0.500. The molecule has 0 saturated heterocycles. The highest BCUT2D eigenvalue weighted by Gasteiger charge is 2.18. The minimum Gasteiger partial charge on any atom is -0.486 e. The molecule has 31 heavy (non-hydrogen) atoms. The minimum atomic E-state index is -0.596. The highest BCUT2D eigenvalue weighted by Crippen LogP contribution is 2.32. The third kappa shape index (κ3) is 3.68. The molecular formula is C20H15ClN6O4. The van der Waals surface area contributed by atoms with Gasteiger partial charge in [-0.05, 0) is 23.8 Å². The van der Waals surface area contributed by atoms with E-state index in [1.807, 2.05) is 18.2 Å². The molecule has 2 aromatic heterocycles. The van der Waals surface area contributed by atoms with Crippen molar-refractivity contribution in [2.24, 2.45) is 0 Å². The molecule has 156 valence electrons. The van der Waals surface area contributed by atoms with E-state index in [4.69, 9.17) is 21.1 Å². The summed E-state index contributed by atoms with van der Waals surface area (Å²) >= 11 is 6.21. The van der Waals surface area contributed by atoms with Gasteiger partial charge in [-0.2, -0.15) is 0 Å². The average molecular weight is 439 g/mol. The molecule has 0 unspecified atom stereocenters. The Morgan fingerprint density at radius 3 is 2.81 bits per heavy atom. The molecule has 0 saturated carbocycles. The lowest BCUT2D eigenvalue weighted by Crippen LogP contribution is -2.22. The van der Waals surface area contributed by atoms with Crippen LogP contribution in [0.2, 0.25) is 5.02 Å². The monoisotopic (exact) mass is 438 g/mol. The lowest BCUT2D eigenvalue weighted by molar-refractivity contribution is 0.101. The Kier molecular flexibility index (Phi) is 4.75. The van der Waals surface area contributed by atoms with Crippen molar-refractivity contribution in [3.8, 4) is 11.5 Å². The van der Waals surface area contributed by atoms with Crippen molar-refractivity contribution in [3.05, 3.63) is 69.2 Å². The number of carbonyl (C=O) groups is 1.